The number of amides is 2. The number of carboxylic acid groups (broad SMARTS) is 1. The minimum atomic E-state index is -1.12. The van der Waals surface area contributed by atoms with Crippen molar-refractivity contribution in [3.63, 3.8) is 0 Å². The number of nitrogens with one attached hydrogen (secondary N) is 1. The van der Waals surface area contributed by atoms with Gasteiger partial charge in [-0.2, -0.15) is 5.10 Å². The van der Waals surface area contributed by atoms with Gasteiger partial charge in [0.25, 0.3) is 0 Å². The van der Waals surface area contributed by atoms with Gasteiger partial charge in [0.1, 0.15) is 18.0 Å². The van der Waals surface area contributed by atoms with Crippen LogP contribution in [0.2, 0.25) is 0 Å². The molecule has 9 nitrogen and oxygen atoms in total. The maximum Gasteiger partial charge on any atom is 0.413 e. The lowest BCUT2D eigenvalue weighted by Crippen LogP contribution is -2.39. The molecule has 9 heteroatoms. The molecule has 2 N–H and O–H groups in total. The maximum atomic E-state index is 13.0. The second-order valence-corrected chi connectivity index (χ2v) is 13.1. The number of benzene rings is 4. The fourth-order valence-corrected chi connectivity index (χ4v) is 6.03. The number of nitrogens with zero attached hydrogens (tertiary/aromatic N) is 4. The van der Waals surface area contributed by atoms with Crippen molar-refractivity contribution in [2.45, 2.75) is 39.3 Å². The van der Waals surface area contributed by atoms with Gasteiger partial charge < -0.3 is 9.84 Å². The molecule has 49 heavy (non-hydrogen) atoms. The Hall–Kier alpha value is -5.96. The molecule has 2 heterocycles. The Morgan fingerprint density at radius 3 is 1.80 bits per heavy atom. The molecular weight excluding hydrogens is 614 g/mol. The summed E-state index contributed by atoms with van der Waals surface area (Å²) in [5, 5.41) is 19.0. The van der Waals surface area contributed by atoms with Gasteiger partial charge in [-0.05, 0) is 34.1 Å². The molecule has 0 saturated carbocycles. The maximum absolute atomic E-state index is 13.0. The van der Waals surface area contributed by atoms with Crippen LogP contribution in [0.3, 0.4) is 0 Å². The van der Waals surface area contributed by atoms with Gasteiger partial charge in [0.15, 0.2) is 5.82 Å². The lowest BCUT2D eigenvalue weighted by molar-refractivity contribution is 0.155. The number of carbonyl (C=O) groups excluding carboxylic acids is 1. The van der Waals surface area contributed by atoms with Gasteiger partial charge in [-0.25, -0.2) is 19.3 Å². The standard InChI is InChI=1S/C40H39N5O4/c1-39(2,3)24-25-44(38(47)48)36-33-27-41-35(42-37(46)49-28-29-16-8-4-9-17-29)26-34(33)45(43-36)40(30-18-10-5-11-19-30,31-20-12-6-13-21-31)32-22-14-7-15-23-32/h4-23,26-27H,24-25,28H2,1-3H3,(H,47,48)(H,41,42,46). The third kappa shape index (κ3) is 7.01. The summed E-state index contributed by atoms with van der Waals surface area (Å²) in [6.45, 7) is 6.55. The van der Waals surface area contributed by atoms with E-state index < -0.39 is 17.7 Å². The van der Waals surface area contributed by atoms with Crippen LogP contribution in [0.5, 0.6) is 0 Å². The Morgan fingerprint density at radius 1 is 0.796 bits per heavy atom. The van der Waals surface area contributed by atoms with E-state index in [1.807, 2.05) is 126 Å². The van der Waals surface area contributed by atoms with E-state index >= 15 is 0 Å². The highest BCUT2D eigenvalue weighted by Crippen LogP contribution is 2.44. The van der Waals surface area contributed by atoms with Crippen molar-refractivity contribution in [1.82, 2.24) is 14.8 Å². The second-order valence-electron chi connectivity index (χ2n) is 13.1. The lowest BCUT2D eigenvalue weighted by atomic mass is 9.77. The summed E-state index contributed by atoms with van der Waals surface area (Å²) in [6.07, 6.45) is 0.390. The smallest absolute Gasteiger partial charge is 0.413 e. The second kappa shape index (κ2) is 14.0. The number of anilines is 2. The zero-order valence-electron chi connectivity index (χ0n) is 27.8. The predicted octanol–water partition coefficient (Wildman–Crippen LogP) is 8.94. The van der Waals surface area contributed by atoms with Gasteiger partial charge >= 0.3 is 12.2 Å². The molecule has 0 fully saturated rings. The topological polar surface area (TPSA) is 110 Å². The quantitative estimate of drug-likeness (QED) is 0.143. The molecule has 0 aliphatic heterocycles. The number of hydrogen-bond acceptors (Lipinski definition) is 5. The molecule has 6 rings (SSSR count). The van der Waals surface area contributed by atoms with Crippen molar-refractivity contribution >= 4 is 34.7 Å². The molecule has 6 aromatic rings. The van der Waals surface area contributed by atoms with Crippen LogP contribution < -0.4 is 10.2 Å². The molecule has 0 aliphatic rings. The van der Waals surface area contributed by atoms with Gasteiger partial charge in [-0.1, -0.05) is 142 Å². The van der Waals surface area contributed by atoms with Crippen molar-refractivity contribution < 1.29 is 19.4 Å². The molecule has 0 aliphatic carbocycles. The zero-order valence-corrected chi connectivity index (χ0v) is 27.8. The SMILES string of the molecule is CC(C)(C)CCN(C(=O)O)c1nn(C(c2ccccc2)(c2ccccc2)c2ccccc2)c2cc(NC(=O)OCc3ccccc3)ncc12. The van der Waals surface area contributed by atoms with Gasteiger partial charge in [0, 0.05) is 18.8 Å². The summed E-state index contributed by atoms with van der Waals surface area (Å²) >= 11 is 0. The predicted molar refractivity (Wildman–Crippen MR) is 192 cm³/mol. The summed E-state index contributed by atoms with van der Waals surface area (Å²) in [7, 11) is 0. The number of rotatable bonds is 10. The van der Waals surface area contributed by atoms with Crippen molar-refractivity contribution in [3.05, 3.63) is 156 Å². The number of fused-ring (bicyclic) bond motifs is 1. The van der Waals surface area contributed by atoms with E-state index in [-0.39, 0.29) is 30.2 Å². The molecule has 0 atom stereocenters. The van der Waals surface area contributed by atoms with E-state index in [1.54, 1.807) is 12.3 Å². The molecular formula is C40H39N5O4. The molecule has 0 bridgehead atoms. The van der Waals surface area contributed by atoms with E-state index in [0.717, 1.165) is 22.3 Å². The minimum absolute atomic E-state index is 0.0947. The summed E-state index contributed by atoms with van der Waals surface area (Å²) in [6, 6.07) is 41.2. The van der Waals surface area contributed by atoms with E-state index in [9.17, 15) is 14.7 Å². The van der Waals surface area contributed by atoms with Crippen molar-refractivity contribution in [1.29, 1.82) is 0 Å². The highest BCUT2D eigenvalue weighted by atomic mass is 16.5. The van der Waals surface area contributed by atoms with Gasteiger partial charge in [0.05, 0.1) is 10.9 Å². The molecule has 248 valence electrons. The van der Waals surface area contributed by atoms with Crippen LogP contribution in [0.4, 0.5) is 21.2 Å². The lowest BCUT2D eigenvalue weighted by Gasteiger charge is -2.37. The third-order valence-electron chi connectivity index (χ3n) is 8.45. The molecule has 0 spiro atoms. The molecule has 0 saturated heterocycles. The summed E-state index contributed by atoms with van der Waals surface area (Å²) < 4.78 is 7.36. The fourth-order valence-electron chi connectivity index (χ4n) is 6.03. The summed E-state index contributed by atoms with van der Waals surface area (Å²) in [5.74, 6) is 0.488. The van der Waals surface area contributed by atoms with Crippen LogP contribution in [0.1, 0.15) is 49.4 Å². The Balaban J connectivity index is 1.58. The first-order valence-electron chi connectivity index (χ1n) is 16.2. The number of carbonyl (C=O) groups is 2. The van der Waals surface area contributed by atoms with Crippen LogP contribution in [0, 0.1) is 5.41 Å². The van der Waals surface area contributed by atoms with Crippen molar-refractivity contribution in [2.75, 3.05) is 16.8 Å². The first kappa shape index (κ1) is 33.0. The third-order valence-corrected chi connectivity index (χ3v) is 8.45. The highest BCUT2D eigenvalue weighted by Gasteiger charge is 2.42. The fraction of sp³-hybridized carbons (Fsp3) is 0.200. The van der Waals surface area contributed by atoms with Crippen LogP contribution in [-0.4, -0.2) is 38.6 Å². The van der Waals surface area contributed by atoms with Gasteiger partial charge in [-0.3, -0.25) is 10.2 Å². The number of aromatic nitrogens is 3. The Bertz CT molecular complexity index is 1930. The van der Waals surface area contributed by atoms with Gasteiger partial charge in [-0.15, -0.1) is 0 Å². The Labute approximate surface area is 285 Å². The van der Waals surface area contributed by atoms with Crippen LogP contribution in [0.25, 0.3) is 10.9 Å². The Kier molecular flexibility index (Phi) is 9.44. The number of ether oxygens (including phenoxy) is 1. The van der Waals surface area contributed by atoms with Crippen molar-refractivity contribution in [2.24, 2.45) is 5.41 Å². The van der Waals surface area contributed by atoms with Crippen LogP contribution in [0.15, 0.2) is 134 Å². The van der Waals surface area contributed by atoms with E-state index in [4.69, 9.17) is 9.84 Å². The highest BCUT2D eigenvalue weighted by molar-refractivity contribution is 6.00. The van der Waals surface area contributed by atoms with E-state index in [0.29, 0.717) is 17.3 Å². The van der Waals surface area contributed by atoms with Gasteiger partial charge in [0.2, 0.25) is 0 Å². The largest absolute Gasteiger partial charge is 0.465 e. The van der Waals surface area contributed by atoms with E-state index in [1.165, 1.54) is 4.90 Å². The Morgan fingerprint density at radius 2 is 1.31 bits per heavy atom. The monoisotopic (exact) mass is 653 g/mol. The minimum Gasteiger partial charge on any atom is -0.465 e. The molecule has 2 amide bonds. The number of pyridine rings is 1. The average molecular weight is 654 g/mol. The summed E-state index contributed by atoms with van der Waals surface area (Å²) in [4.78, 5) is 31.7. The molecule has 4 aromatic carbocycles. The zero-order chi connectivity index (χ0) is 34.4. The van der Waals surface area contributed by atoms with E-state index in [2.05, 4.69) is 31.1 Å². The molecule has 0 radical (unpaired) electrons. The normalized spacial score (nSPS) is 11.7. The summed E-state index contributed by atoms with van der Waals surface area (Å²) in [5.41, 5.74) is 2.98. The first-order chi connectivity index (χ1) is 23.7. The van der Waals surface area contributed by atoms with Crippen LogP contribution in [-0.2, 0) is 16.9 Å². The van der Waals surface area contributed by atoms with Crippen LogP contribution >= 0.6 is 0 Å². The first-order valence-corrected chi connectivity index (χ1v) is 16.2. The molecule has 2 aromatic heterocycles. The van der Waals surface area contributed by atoms with Crippen molar-refractivity contribution in [3.8, 4) is 0 Å². The number of hydrogen-bond donors (Lipinski definition) is 2. The average Bonchev–Trinajstić information content (AvgIpc) is 3.47. The molecule has 0 unspecified atom stereocenters.